The highest BCUT2D eigenvalue weighted by Crippen LogP contribution is 2.36. The van der Waals surface area contributed by atoms with Crippen LogP contribution in [0.4, 0.5) is 10.5 Å². The van der Waals surface area contributed by atoms with Crippen LogP contribution in [0.5, 0.6) is 23.0 Å². The number of amides is 1. The molecule has 1 N–H and O–H groups in total. The van der Waals surface area contributed by atoms with E-state index >= 15 is 0 Å². The predicted octanol–water partition coefficient (Wildman–Crippen LogP) is 4.82. The molecular formula is C24H23N3O5. The number of methoxy groups -OCH3 is 4. The van der Waals surface area contributed by atoms with Crippen LogP contribution >= 0.6 is 0 Å². The number of aromatic nitrogens is 2. The smallest absolute Gasteiger partial charge is 0.331 e. The van der Waals surface area contributed by atoms with E-state index in [1.54, 1.807) is 59.0 Å². The molecule has 0 aliphatic carbocycles. The summed E-state index contributed by atoms with van der Waals surface area (Å²) in [5.41, 5.74) is 2.78. The van der Waals surface area contributed by atoms with Gasteiger partial charge in [-0.15, -0.1) is 0 Å². The third kappa shape index (κ3) is 3.90. The summed E-state index contributed by atoms with van der Waals surface area (Å²) in [5, 5.41) is 3.72. The van der Waals surface area contributed by atoms with Gasteiger partial charge in [0.1, 0.15) is 17.1 Å². The molecule has 0 bridgehead atoms. The number of rotatable bonds is 6. The van der Waals surface area contributed by atoms with Gasteiger partial charge >= 0.3 is 6.03 Å². The van der Waals surface area contributed by atoms with E-state index in [9.17, 15) is 4.79 Å². The number of hydrogen-bond acceptors (Lipinski definition) is 6. The lowest BCUT2D eigenvalue weighted by atomic mass is 10.1. The Morgan fingerprint density at radius 3 is 2.25 bits per heavy atom. The monoisotopic (exact) mass is 433 g/mol. The summed E-state index contributed by atoms with van der Waals surface area (Å²) < 4.78 is 22.8. The van der Waals surface area contributed by atoms with Gasteiger partial charge in [0.05, 0.1) is 28.4 Å². The highest BCUT2D eigenvalue weighted by molar-refractivity contribution is 6.03. The molecule has 164 valence electrons. The Kier molecular flexibility index (Phi) is 5.85. The molecule has 2 heterocycles. The van der Waals surface area contributed by atoms with Crippen LogP contribution in [-0.4, -0.2) is 44.0 Å². The van der Waals surface area contributed by atoms with Gasteiger partial charge in [0.2, 0.25) is 0 Å². The van der Waals surface area contributed by atoms with Crippen LogP contribution in [0.2, 0.25) is 0 Å². The number of carbonyl (C=O) groups is 1. The maximum absolute atomic E-state index is 13.2. The van der Waals surface area contributed by atoms with Crippen molar-refractivity contribution >= 4 is 22.8 Å². The van der Waals surface area contributed by atoms with Crippen molar-refractivity contribution < 1.29 is 23.7 Å². The second kappa shape index (κ2) is 8.89. The number of hydrogen-bond donors (Lipinski definition) is 1. The standard InChI is InChI=1S/C24H23N3O5/c1-29-17-11-16(12-18(13-17)30-2)26-24(28)27-14-20(19-6-5-9-25-23(19)27)15-7-8-21(31-3)22(10-15)32-4/h5-14H,1-4H3,(H,26,28). The number of fused-ring (bicyclic) bond motifs is 1. The van der Waals surface area contributed by atoms with Crippen molar-refractivity contribution in [3.05, 3.63) is 60.9 Å². The number of benzene rings is 2. The summed E-state index contributed by atoms with van der Waals surface area (Å²) in [6.07, 6.45) is 3.41. The first-order valence-electron chi connectivity index (χ1n) is 9.80. The zero-order chi connectivity index (χ0) is 22.7. The van der Waals surface area contributed by atoms with E-state index in [-0.39, 0.29) is 6.03 Å². The van der Waals surface area contributed by atoms with Gasteiger partial charge in [-0.2, -0.15) is 0 Å². The average molecular weight is 433 g/mol. The van der Waals surface area contributed by atoms with Gasteiger partial charge in [-0.25, -0.2) is 9.78 Å². The van der Waals surface area contributed by atoms with Crippen LogP contribution in [0.3, 0.4) is 0 Å². The van der Waals surface area contributed by atoms with E-state index in [1.165, 1.54) is 4.57 Å². The van der Waals surface area contributed by atoms with Gasteiger partial charge < -0.3 is 24.3 Å². The third-order valence-electron chi connectivity index (χ3n) is 5.08. The zero-order valence-electron chi connectivity index (χ0n) is 18.2. The Morgan fingerprint density at radius 2 is 1.59 bits per heavy atom. The number of nitrogens with one attached hydrogen (secondary N) is 1. The molecule has 1 amide bonds. The Balaban J connectivity index is 1.76. The first-order chi connectivity index (χ1) is 15.6. The Labute approximate surface area is 185 Å². The second-order valence-corrected chi connectivity index (χ2v) is 6.89. The topological polar surface area (TPSA) is 83.8 Å². The number of anilines is 1. The van der Waals surface area contributed by atoms with Crippen LogP contribution in [0, 0.1) is 0 Å². The highest BCUT2D eigenvalue weighted by atomic mass is 16.5. The molecule has 0 unspecified atom stereocenters. The third-order valence-corrected chi connectivity index (χ3v) is 5.08. The highest BCUT2D eigenvalue weighted by Gasteiger charge is 2.18. The van der Waals surface area contributed by atoms with Crippen LogP contribution < -0.4 is 24.3 Å². The molecule has 2 aromatic heterocycles. The summed E-state index contributed by atoms with van der Waals surface area (Å²) in [6.45, 7) is 0. The summed E-state index contributed by atoms with van der Waals surface area (Å²) in [4.78, 5) is 17.6. The lowest BCUT2D eigenvalue weighted by molar-refractivity contribution is 0.254. The van der Waals surface area contributed by atoms with E-state index in [0.717, 1.165) is 16.5 Å². The summed E-state index contributed by atoms with van der Waals surface area (Å²) in [7, 11) is 6.28. The van der Waals surface area contributed by atoms with E-state index in [1.807, 2.05) is 30.3 Å². The quantitative estimate of drug-likeness (QED) is 0.469. The van der Waals surface area contributed by atoms with Crippen molar-refractivity contribution in [2.45, 2.75) is 0 Å². The van der Waals surface area contributed by atoms with Crippen molar-refractivity contribution in [3.8, 4) is 34.1 Å². The molecular weight excluding hydrogens is 410 g/mol. The minimum atomic E-state index is -0.365. The fraction of sp³-hybridized carbons (Fsp3) is 0.167. The van der Waals surface area contributed by atoms with Gasteiger partial charge in [0, 0.05) is 47.2 Å². The van der Waals surface area contributed by atoms with Crippen molar-refractivity contribution in [2.75, 3.05) is 33.8 Å². The Morgan fingerprint density at radius 1 is 0.875 bits per heavy atom. The van der Waals surface area contributed by atoms with Crippen LogP contribution in [-0.2, 0) is 0 Å². The minimum absolute atomic E-state index is 0.365. The molecule has 0 fully saturated rings. The molecule has 32 heavy (non-hydrogen) atoms. The molecule has 0 radical (unpaired) electrons. The van der Waals surface area contributed by atoms with Gasteiger partial charge in [-0.05, 0) is 29.8 Å². The Bertz CT molecular complexity index is 1260. The van der Waals surface area contributed by atoms with E-state index in [4.69, 9.17) is 18.9 Å². The molecule has 0 atom stereocenters. The number of carbonyl (C=O) groups excluding carboxylic acids is 1. The summed E-state index contributed by atoms with van der Waals surface area (Å²) >= 11 is 0. The van der Waals surface area contributed by atoms with Crippen molar-refractivity contribution in [3.63, 3.8) is 0 Å². The van der Waals surface area contributed by atoms with Crippen molar-refractivity contribution in [1.82, 2.24) is 9.55 Å². The van der Waals surface area contributed by atoms with Gasteiger partial charge in [0.15, 0.2) is 11.5 Å². The fourth-order valence-electron chi connectivity index (χ4n) is 3.51. The van der Waals surface area contributed by atoms with Crippen LogP contribution in [0.25, 0.3) is 22.2 Å². The molecule has 0 aliphatic heterocycles. The average Bonchev–Trinajstić information content (AvgIpc) is 3.23. The molecule has 0 aliphatic rings. The lowest BCUT2D eigenvalue weighted by Gasteiger charge is -2.10. The van der Waals surface area contributed by atoms with Crippen LogP contribution in [0.15, 0.2) is 60.9 Å². The Hall–Kier alpha value is -4.20. The largest absolute Gasteiger partial charge is 0.497 e. The van der Waals surface area contributed by atoms with Crippen LogP contribution in [0.1, 0.15) is 0 Å². The summed E-state index contributed by atoms with van der Waals surface area (Å²) in [5.74, 6) is 2.37. The number of pyridine rings is 1. The normalized spacial score (nSPS) is 10.6. The number of ether oxygens (including phenoxy) is 4. The molecule has 4 aromatic rings. The maximum atomic E-state index is 13.2. The fourth-order valence-corrected chi connectivity index (χ4v) is 3.51. The molecule has 2 aromatic carbocycles. The van der Waals surface area contributed by atoms with Crippen molar-refractivity contribution in [1.29, 1.82) is 0 Å². The predicted molar refractivity (Wildman–Crippen MR) is 122 cm³/mol. The van der Waals surface area contributed by atoms with Gasteiger partial charge in [0.25, 0.3) is 0 Å². The van der Waals surface area contributed by atoms with E-state index in [2.05, 4.69) is 10.3 Å². The van der Waals surface area contributed by atoms with E-state index < -0.39 is 0 Å². The maximum Gasteiger partial charge on any atom is 0.331 e. The molecule has 8 nitrogen and oxygen atoms in total. The number of nitrogens with zero attached hydrogens (tertiary/aromatic N) is 2. The molecule has 0 spiro atoms. The molecule has 0 saturated carbocycles. The minimum Gasteiger partial charge on any atom is -0.497 e. The first-order valence-corrected chi connectivity index (χ1v) is 9.80. The van der Waals surface area contributed by atoms with Gasteiger partial charge in [-0.1, -0.05) is 6.07 Å². The van der Waals surface area contributed by atoms with Crippen molar-refractivity contribution in [2.24, 2.45) is 0 Å². The van der Waals surface area contributed by atoms with Gasteiger partial charge in [-0.3, -0.25) is 4.57 Å². The molecule has 0 saturated heterocycles. The SMILES string of the molecule is COc1cc(NC(=O)n2cc(-c3ccc(OC)c(OC)c3)c3cccnc32)cc(OC)c1. The van der Waals surface area contributed by atoms with E-state index in [0.29, 0.717) is 34.3 Å². The summed E-state index contributed by atoms with van der Waals surface area (Å²) in [6, 6.07) is 14.2. The molecule has 4 rings (SSSR count). The zero-order valence-corrected chi connectivity index (χ0v) is 18.2. The second-order valence-electron chi connectivity index (χ2n) is 6.89. The molecule has 8 heteroatoms. The lowest BCUT2D eigenvalue weighted by Crippen LogP contribution is -2.19. The first kappa shape index (κ1) is 21.0.